The molecule has 0 amide bonds. The maximum atomic E-state index is 11.3. The lowest BCUT2D eigenvalue weighted by Gasteiger charge is -2.09. The molecule has 0 aliphatic heterocycles. The van der Waals surface area contributed by atoms with Crippen LogP contribution in [0.1, 0.15) is 11.3 Å². The number of benzene rings is 1. The van der Waals surface area contributed by atoms with E-state index in [4.69, 9.17) is 16.9 Å². The molecule has 1 aromatic heterocycles. The van der Waals surface area contributed by atoms with Crippen molar-refractivity contribution in [3.63, 3.8) is 0 Å². The van der Waals surface area contributed by atoms with Crippen molar-refractivity contribution in [2.24, 2.45) is 0 Å². The van der Waals surface area contributed by atoms with E-state index in [0.717, 1.165) is 5.56 Å². The lowest BCUT2D eigenvalue weighted by molar-refractivity contribution is 0.686. The van der Waals surface area contributed by atoms with Crippen LogP contribution in [0.2, 0.25) is 5.02 Å². The summed E-state index contributed by atoms with van der Waals surface area (Å²) >= 11 is 6.06. The quantitative estimate of drug-likeness (QED) is 0.939. The van der Waals surface area contributed by atoms with Crippen molar-refractivity contribution in [3.05, 3.63) is 46.9 Å². The highest BCUT2D eigenvalue weighted by Crippen LogP contribution is 2.24. The molecule has 0 radical (unpaired) electrons. The molecule has 2 aromatic rings. The molecule has 0 spiro atoms. The second kappa shape index (κ2) is 6.46. The minimum absolute atomic E-state index is 0.211. The lowest BCUT2D eigenvalue weighted by atomic mass is 10.2. The Morgan fingerprint density at radius 3 is 2.85 bits per heavy atom. The largest absolute Gasteiger partial charge is 0.338 e. The molecule has 0 aliphatic rings. The first-order chi connectivity index (χ1) is 9.60. The molecule has 0 aliphatic carbocycles. The first-order valence-electron chi connectivity index (χ1n) is 5.66. The summed E-state index contributed by atoms with van der Waals surface area (Å²) in [4.78, 5) is 7.99. The molecule has 2 rings (SSSR count). The van der Waals surface area contributed by atoms with Crippen LogP contribution >= 0.6 is 11.6 Å². The first kappa shape index (κ1) is 14.4. The van der Waals surface area contributed by atoms with Gasteiger partial charge in [-0.3, -0.25) is 4.21 Å². The summed E-state index contributed by atoms with van der Waals surface area (Å²) in [6, 6.07) is 7.24. The zero-order valence-electron chi connectivity index (χ0n) is 10.6. The zero-order valence-corrected chi connectivity index (χ0v) is 12.2. The molecule has 0 fully saturated rings. The minimum Gasteiger partial charge on any atom is -0.338 e. The SMILES string of the molecule is CS(=O)Cc1cc(Nc2nccnc2C#N)ccc1Cl. The predicted molar refractivity (Wildman–Crippen MR) is 79.3 cm³/mol. The molecular formula is C13H11ClN4OS. The number of hydrogen-bond donors (Lipinski definition) is 1. The Kier molecular flexibility index (Phi) is 4.66. The summed E-state index contributed by atoms with van der Waals surface area (Å²) in [5.74, 6) is 0.751. The van der Waals surface area contributed by atoms with Crippen molar-refractivity contribution < 1.29 is 4.21 Å². The number of nitrogens with zero attached hydrogens (tertiary/aromatic N) is 3. The van der Waals surface area contributed by atoms with Crippen LogP contribution < -0.4 is 5.32 Å². The van der Waals surface area contributed by atoms with Crippen molar-refractivity contribution in [1.29, 1.82) is 5.26 Å². The molecule has 102 valence electrons. The van der Waals surface area contributed by atoms with Gasteiger partial charge in [0.25, 0.3) is 0 Å². The van der Waals surface area contributed by atoms with Crippen LogP contribution in [0.4, 0.5) is 11.5 Å². The monoisotopic (exact) mass is 306 g/mol. The fourth-order valence-electron chi connectivity index (χ4n) is 1.63. The molecule has 1 aromatic carbocycles. The van der Waals surface area contributed by atoms with Crippen molar-refractivity contribution in [2.45, 2.75) is 5.75 Å². The second-order valence-corrected chi connectivity index (χ2v) is 5.86. The van der Waals surface area contributed by atoms with E-state index in [1.807, 2.05) is 6.07 Å². The highest BCUT2D eigenvalue weighted by atomic mass is 35.5. The fourth-order valence-corrected chi connectivity index (χ4v) is 2.57. The molecule has 1 unspecified atom stereocenters. The van der Waals surface area contributed by atoms with E-state index >= 15 is 0 Å². The summed E-state index contributed by atoms with van der Waals surface area (Å²) < 4.78 is 11.3. The summed E-state index contributed by atoms with van der Waals surface area (Å²) in [6.07, 6.45) is 4.57. The number of halogens is 1. The Bertz CT molecular complexity index is 699. The first-order valence-corrected chi connectivity index (χ1v) is 7.77. The van der Waals surface area contributed by atoms with Gasteiger partial charge in [0.2, 0.25) is 0 Å². The Balaban J connectivity index is 2.30. The Morgan fingerprint density at radius 1 is 1.40 bits per heavy atom. The van der Waals surface area contributed by atoms with Gasteiger partial charge in [0.15, 0.2) is 11.5 Å². The highest BCUT2D eigenvalue weighted by Gasteiger charge is 2.07. The maximum absolute atomic E-state index is 11.3. The van der Waals surface area contributed by atoms with Crippen LogP contribution in [-0.4, -0.2) is 20.4 Å². The summed E-state index contributed by atoms with van der Waals surface area (Å²) in [7, 11) is -0.980. The van der Waals surface area contributed by atoms with E-state index in [-0.39, 0.29) is 5.69 Å². The number of nitriles is 1. The van der Waals surface area contributed by atoms with Crippen LogP contribution in [0.15, 0.2) is 30.6 Å². The zero-order chi connectivity index (χ0) is 14.5. The smallest absolute Gasteiger partial charge is 0.183 e. The molecule has 7 heteroatoms. The predicted octanol–water partition coefficient (Wildman–Crippen LogP) is 2.62. The standard InChI is InChI=1S/C13H11ClN4OS/c1-20(19)8-9-6-10(2-3-11(9)14)18-13-12(7-15)16-4-5-17-13/h2-6H,8H2,1H3,(H,17,18). The summed E-state index contributed by atoms with van der Waals surface area (Å²) in [5.41, 5.74) is 1.70. The third kappa shape index (κ3) is 3.53. The van der Waals surface area contributed by atoms with Gasteiger partial charge >= 0.3 is 0 Å². The minimum atomic E-state index is -0.980. The van der Waals surface area contributed by atoms with Gasteiger partial charge < -0.3 is 5.32 Å². The second-order valence-electron chi connectivity index (χ2n) is 4.01. The number of anilines is 2. The van der Waals surface area contributed by atoms with Gasteiger partial charge in [-0.1, -0.05) is 11.6 Å². The molecule has 0 saturated carbocycles. The maximum Gasteiger partial charge on any atom is 0.183 e. The molecular weight excluding hydrogens is 296 g/mol. The van der Waals surface area contributed by atoms with Crippen LogP contribution in [0.25, 0.3) is 0 Å². The van der Waals surface area contributed by atoms with Gasteiger partial charge in [-0.15, -0.1) is 0 Å². The van der Waals surface area contributed by atoms with Crippen molar-refractivity contribution in [2.75, 3.05) is 11.6 Å². The van der Waals surface area contributed by atoms with Crippen LogP contribution in [0.3, 0.4) is 0 Å². The van der Waals surface area contributed by atoms with E-state index in [1.54, 1.807) is 24.5 Å². The van der Waals surface area contributed by atoms with Gasteiger partial charge in [-0.25, -0.2) is 9.97 Å². The molecule has 20 heavy (non-hydrogen) atoms. The van der Waals surface area contributed by atoms with Gasteiger partial charge in [0.1, 0.15) is 6.07 Å². The molecule has 0 bridgehead atoms. The van der Waals surface area contributed by atoms with Crippen molar-refractivity contribution in [1.82, 2.24) is 9.97 Å². The lowest BCUT2D eigenvalue weighted by Crippen LogP contribution is -2.00. The molecule has 1 heterocycles. The summed E-state index contributed by atoms with van der Waals surface area (Å²) in [6.45, 7) is 0. The van der Waals surface area contributed by atoms with Crippen LogP contribution in [0.5, 0.6) is 0 Å². The third-order valence-electron chi connectivity index (χ3n) is 2.47. The average molecular weight is 307 g/mol. The Morgan fingerprint density at radius 2 is 2.15 bits per heavy atom. The van der Waals surface area contributed by atoms with E-state index < -0.39 is 10.8 Å². The number of nitrogens with one attached hydrogen (secondary N) is 1. The van der Waals surface area contributed by atoms with Crippen molar-refractivity contribution >= 4 is 33.9 Å². The highest BCUT2D eigenvalue weighted by molar-refractivity contribution is 7.83. The van der Waals surface area contributed by atoms with Gasteiger partial charge in [-0.05, 0) is 23.8 Å². The topological polar surface area (TPSA) is 78.7 Å². The van der Waals surface area contributed by atoms with Crippen LogP contribution in [0, 0.1) is 11.3 Å². The Hall–Kier alpha value is -1.97. The summed E-state index contributed by atoms with van der Waals surface area (Å²) in [5, 5.41) is 12.5. The van der Waals surface area contributed by atoms with Gasteiger partial charge in [0.05, 0.1) is 0 Å². The number of aromatic nitrogens is 2. The Labute approximate surface area is 124 Å². The average Bonchev–Trinajstić information content (AvgIpc) is 2.42. The van der Waals surface area contributed by atoms with Crippen LogP contribution in [-0.2, 0) is 16.6 Å². The molecule has 5 nitrogen and oxygen atoms in total. The van der Waals surface area contributed by atoms with E-state index in [9.17, 15) is 4.21 Å². The van der Waals surface area contributed by atoms with Crippen molar-refractivity contribution in [3.8, 4) is 6.07 Å². The van der Waals surface area contributed by atoms with Gasteiger partial charge in [-0.2, -0.15) is 5.26 Å². The number of rotatable bonds is 4. The molecule has 1 N–H and O–H groups in total. The van der Waals surface area contributed by atoms with E-state index in [1.165, 1.54) is 12.4 Å². The fraction of sp³-hybridized carbons (Fsp3) is 0.154. The van der Waals surface area contributed by atoms with Gasteiger partial charge in [0, 0.05) is 45.9 Å². The van der Waals surface area contributed by atoms with E-state index in [2.05, 4.69) is 15.3 Å². The molecule has 0 saturated heterocycles. The molecule has 1 atom stereocenters. The number of hydrogen-bond acceptors (Lipinski definition) is 5. The van der Waals surface area contributed by atoms with E-state index in [0.29, 0.717) is 22.3 Å². The third-order valence-corrected chi connectivity index (χ3v) is 3.56. The normalized spacial score (nSPS) is 11.7.